The minimum atomic E-state index is 0.159. The van der Waals surface area contributed by atoms with Crippen LogP contribution in [0.2, 0.25) is 5.28 Å². The van der Waals surface area contributed by atoms with Gasteiger partial charge in [-0.25, -0.2) is 0 Å². The number of anilines is 1. The zero-order valence-electron chi connectivity index (χ0n) is 11.3. The third-order valence-corrected chi connectivity index (χ3v) is 3.11. The summed E-state index contributed by atoms with van der Waals surface area (Å²) in [6.45, 7) is 6.88. The third-order valence-electron chi connectivity index (χ3n) is 2.94. The van der Waals surface area contributed by atoms with E-state index in [0.29, 0.717) is 12.6 Å². The Morgan fingerprint density at radius 2 is 2.21 bits per heavy atom. The quantitative estimate of drug-likeness (QED) is 0.843. The van der Waals surface area contributed by atoms with E-state index in [2.05, 4.69) is 26.8 Å². The highest BCUT2D eigenvalue weighted by Gasteiger charge is 2.20. The molecular weight excluding hydrogens is 268 g/mol. The van der Waals surface area contributed by atoms with Crippen LogP contribution in [0.5, 0.6) is 6.01 Å². The Morgan fingerprint density at radius 3 is 2.95 bits per heavy atom. The summed E-state index contributed by atoms with van der Waals surface area (Å²) in [5.41, 5.74) is 0. The molecule has 2 rings (SSSR count). The second-order valence-corrected chi connectivity index (χ2v) is 4.66. The molecule has 0 radical (unpaired) electrons. The van der Waals surface area contributed by atoms with Crippen molar-refractivity contribution in [3.8, 4) is 6.01 Å². The minimum Gasteiger partial charge on any atom is -0.464 e. The highest BCUT2D eigenvalue weighted by Crippen LogP contribution is 2.18. The molecule has 2 heterocycles. The van der Waals surface area contributed by atoms with Crippen molar-refractivity contribution in [3.63, 3.8) is 0 Å². The lowest BCUT2D eigenvalue weighted by atomic mass is 10.2. The van der Waals surface area contributed by atoms with Crippen molar-refractivity contribution in [1.82, 2.24) is 15.0 Å². The van der Waals surface area contributed by atoms with E-state index in [9.17, 15) is 0 Å². The Balaban J connectivity index is 2.18. The van der Waals surface area contributed by atoms with E-state index in [1.807, 2.05) is 6.92 Å². The SMILES string of the molecule is CCOc1nc(Cl)nc(N2CCCOC(CC)C2)n1. The smallest absolute Gasteiger partial charge is 0.322 e. The molecule has 7 heteroatoms. The Labute approximate surface area is 118 Å². The summed E-state index contributed by atoms with van der Waals surface area (Å²) in [5.74, 6) is 0.562. The van der Waals surface area contributed by atoms with Crippen molar-refractivity contribution < 1.29 is 9.47 Å². The molecule has 1 aliphatic rings. The number of halogens is 1. The molecule has 1 aromatic heterocycles. The van der Waals surface area contributed by atoms with Gasteiger partial charge in [0, 0.05) is 19.7 Å². The molecule has 1 unspecified atom stereocenters. The van der Waals surface area contributed by atoms with Crippen LogP contribution in [0.25, 0.3) is 0 Å². The molecule has 0 aromatic carbocycles. The van der Waals surface area contributed by atoms with Crippen LogP contribution in [0.3, 0.4) is 0 Å². The Kier molecular flexibility index (Phi) is 5.15. The molecule has 0 bridgehead atoms. The monoisotopic (exact) mass is 286 g/mol. The van der Waals surface area contributed by atoms with Gasteiger partial charge in [0.2, 0.25) is 11.2 Å². The highest BCUT2D eigenvalue weighted by molar-refractivity contribution is 6.28. The Morgan fingerprint density at radius 1 is 1.37 bits per heavy atom. The minimum absolute atomic E-state index is 0.159. The number of nitrogens with zero attached hydrogens (tertiary/aromatic N) is 4. The van der Waals surface area contributed by atoms with Gasteiger partial charge >= 0.3 is 6.01 Å². The molecule has 0 spiro atoms. The van der Waals surface area contributed by atoms with Gasteiger partial charge in [0.15, 0.2) is 0 Å². The summed E-state index contributed by atoms with van der Waals surface area (Å²) in [5, 5.41) is 0.159. The Bertz CT molecular complexity index is 419. The molecule has 0 aliphatic carbocycles. The molecule has 106 valence electrons. The van der Waals surface area contributed by atoms with Gasteiger partial charge in [-0.15, -0.1) is 0 Å². The summed E-state index contributed by atoms with van der Waals surface area (Å²) in [4.78, 5) is 14.5. The van der Waals surface area contributed by atoms with Gasteiger partial charge in [-0.1, -0.05) is 6.92 Å². The summed E-state index contributed by atoms with van der Waals surface area (Å²) < 4.78 is 11.0. The molecule has 0 saturated carbocycles. The first-order valence-electron chi connectivity index (χ1n) is 6.63. The maximum absolute atomic E-state index is 5.92. The fraction of sp³-hybridized carbons (Fsp3) is 0.750. The van der Waals surface area contributed by atoms with E-state index < -0.39 is 0 Å². The zero-order valence-corrected chi connectivity index (χ0v) is 12.1. The molecule has 1 atom stereocenters. The van der Waals surface area contributed by atoms with Gasteiger partial charge in [-0.2, -0.15) is 15.0 Å². The van der Waals surface area contributed by atoms with Crippen LogP contribution in [0.15, 0.2) is 0 Å². The second-order valence-electron chi connectivity index (χ2n) is 4.32. The molecule has 19 heavy (non-hydrogen) atoms. The van der Waals surface area contributed by atoms with Crippen molar-refractivity contribution in [2.45, 2.75) is 32.8 Å². The van der Waals surface area contributed by atoms with Gasteiger partial charge in [0.05, 0.1) is 12.7 Å². The predicted molar refractivity (Wildman–Crippen MR) is 72.9 cm³/mol. The molecule has 1 aliphatic heterocycles. The van der Waals surface area contributed by atoms with Gasteiger partial charge in [0.1, 0.15) is 0 Å². The van der Waals surface area contributed by atoms with E-state index in [-0.39, 0.29) is 17.4 Å². The first-order chi connectivity index (χ1) is 9.22. The van der Waals surface area contributed by atoms with Gasteiger partial charge in [-0.05, 0) is 31.4 Å². The summed E-state index contributed by atoms with van der Waals surface area (Å²) in [6, 6.07) is 0.274. The molecule has 6 nitrogen and oxygen atoms in total. The van der Waals surface area contributed by atoms with Crippen LogP contribution >= 0.6 is 11.6 Å². The van der Waals surface area contributed by atoms with Gasteiger partial charge in [-0.3, -0.25) is 0 Å². The van der Waals surface area contributed by atoms with Crippen LogP contribution in [-0.2, 0) is 4.74 Å². The molecule has 1 fully saturated rings. The number of rotatable bonds is 4. The maximum Gasteiger partial charge on any atom is 0.322 e. The molecular formula is C12H19ClN4O2. The van der Waals surface area contributed by atoms with Crippen molar-refractivity contribution in [2.75, 3.05) is 31.2 Å². The Hall–Kier alpha value is -1.14. The predicted octanol–water partition coefficient (Wildman–Crippen LogP) is 1.93. The van der Waals surface area contributed by atoms with Gasteiger partial charge < -0.3 is 14.4 Å². The average Bonchev–Trinajstić information content (AvgIpc) is 2.63. The van der Waals surface area contributed by atoms with Crippen molar-refractivity contribution in [2.24, 2.45) is 0 Å². The summed E-state index contributed by atoms with van der Waals surface area (Å²) >= 11 is 5.92. The normalized spacial score (nSPS) is 20.2. The molecule has 1 aromatic rings. The van der Waals surface area contributed by atoms with Crippen LogP contribution in [-0.4, -0.2) is 47.4 Å². The van der Waals surface area contributed by atoms with Crippen LogP contribution < -0.4 is 9.64 Å². The van der Waals surface area contributed by atoms with Crippen molar-refractivity contribution >= 4 is 17.5 Å². The first kappa shape index (κ1) is 14.3. The molecule has 0 N–H and O–H groups in total. The standard InChI is InChI=1S/C12H19ClN4O2/c1-3-9-8-17(6-5-7-19-9)11-14-10(13)15-12(16-11)18-4-2/h9H,3-8H2,1-2H3. The van der Waals surface area contributed by atoms with Crippen molar-refractivity contribution in [3.05, 3.63) is 5.28 Å². The first-order valence-corrected chi connectivity index (χ1v) is 7.01. The number of hydrogen-bond donors (Lipinski definition) is 0. The van der Waals surface area contributed by atoms with E-state index in [1.54, 1.807) is 0 Å². The second kappa shape index (κ2) is 6.86. The summed E-state index contributed by atoms with van der Waals surface area (Å²) in [7, 11) is 0. The third kappa shape index (κ3) is 3.91. The lowest BCUT2D eigenvalue weighted by Crippen LogP contribution is -2.33. The maximum atomic E-state index is 5.92. The van der Waals surface area contributed by atoms with E-state index >= 15 is 0 Å². The topological polar surface area (TPSA) is 60.4 Å². The zero-order chi connectivity index (χ0) is 13.7. The van der Waals surface area contributed by atoms with Crippen LogP contribution in [0, 0.1) is 0 Å². The van der Waals surface area contributed by atoms with E-state index in [0.717, 1.165) is 32.5 Å². The lowest BCUT2D eigenvalue weighted by molar-refractivity contribution is 0.0663. The van der Waals surface area contributed by atoms with Crippen LogP contribution in [0.4, 0.5) is 5.95 Å². The molecule has 1 saturated heterocycles. The number of ether oxygens (including phenoxy) is 2. The van der Waals surface area contributed by atoms with Gasteiger partial charge in [0.25, 0.3) is 0 Å². The fourth-order valence-corrected chi connectivity index (χ4v) is 2.13. The van der Waals surface area contributed by atoms with E-state index in [4.69, 9.17) is 21.1 Å². The average molecular weight is 287 g/mol. The number of hydrogen-bond acceptors (Lipinski definition) is 6. The van der Waals surface area contributed by atoms with E-state index in [1.165, 1.54) is 0 Å². The van der Waals surface area contributed by atoms with Crippen molar-refractivity contribution in [1.29, 1.82) is 0 Å². The number of aromatic nitrogens is 3. The fourth-order valence-electron chi connectivity index (χ4n) is 1.98. The van der Waals surface area contributed by atoms with Crippen LogP contribution in [0.1, 0.15) is 26.7 Å². The summed E-state index contributed by atoms with van der Waals surface area (Å²) in [6.07, 6.45) is 2.12. The highest BCUT2D eigenvalue weighted by atomic mass is 35.5. The lowest BCUT2D eigenvalue weighted by Gasteiger charge is -2.23. The molecule has 0 amide bonds. The largest absolute Gasteiger partial charge is 0.464 e.